The summed E-state index contributed by atoms with van der Waals surface area (Å²) in [5.74, 6) is -0.971. The third-order valence-corrected chi connectivity index (χ3v) is 5.46. The topological polar surface area (TPSA) is 110 Å². The van der Waals surface area contributed by atoms with Crippen molar-refractivity contribution in [1.82, 2.24) is 20.1 Å². The van der Waals surface area contributed by atoms with Crippen LogP contribution in [0.5, 0.6) is 0 Å². The molecule has 4 rings (SSSR count). The van der Waals surface area contributed by atoms with E-state index in [2.05, 4.69) is 21.5 Å². The molecule has 1 N–H and O–H groups in total. The number of hydrogen-bond donors (Lipinski definition) is 1. The van der Waals surface area contributed by atoms with Crippen LogP contribution >= 0.6 is 0 Å². The number of hydrogen-bond acceptors (Lipinski definition) is 6. The lowest BCUT2D eigenvalue weighted by molar-refractivity contribution is -0.125. The van der Waals surface area contributed by atoms with Crippen LogP contribution in [0.15, 0.2) is 60.7 Å². The van der Waals surface area contributed by atoms with Gasteiger partial charge >= 0.3 is 5.97 Å². The Morgan fingerprint density at radius 1 is 1.03 bits per heavy atom. The minimum absolute atomic E-state index is 0.145. The molecule has 8 nitrogen and oxygen atoms in total. The summed E-state index contributed by atoms with van der Waals surface area (Å²) in [6, 6.07) is 20.9. The van der Waals surface area contributed by atoms with Crippen LogP contribution in [0.1, 0.15) is 42.7 Å². The monoisotopic (exact) mass is 429 g/mol. The van der Waals surface area contributed by atoms with E-state index < -0.39 is 24.0 Å². The van der Waals surface area contributed by atoms with Crippen LogP contribution in [0.2, 0.25) is 0 Å². The number of para-hydroxylation sites is 1. The molecule has 0 atom stereocenters. The molecule has 0 saturated heterocycles. The molecule has 0 aliphatic heterocycles. The van der Waals surface area contributed by atoms with Gasteiger partial charge in [-0.1, -0.05) is 67.8 Å². The zero-order chi connectivity index (χ0) is 22.4. The number of carbonyl (C=O) groups excluding carboxylic acids is 2. The quantitative estimate of drug-likeness (QED) is 0.601. The summed E-state index contributed by atoms with van der Waals surface area (Å²) in [6.45, 7) is -0.497. The van der Waals surface area contributed by atoms with Crippen molar-refractivity contribution in [3.05, 3.63) is 66.5 Å². The molecule has 1 fully saturated rings. The van der Waals surface area contributed by atoms with Crippen LogP contribution in [-0.4, -0.2) is 38.8 Å². The molecule has 0 unspecified atom stereocenters. The van der Waals surface area contributed by atoms with Gasteiger partial charge in [-0.05, 0) is 25.0 Å². The highest BCUT2D eigenvalue weighted by Crippen LogP contribution is 2.27. The molecule has 1 saturated carbocycles. The molecule has 2 aromatic carbocycles. The van der Waals surface area contributed by atoms with Crippen molar-refractivity contribution in [3.63, 3.8) is 0 Å². The smallest absolute Gasteiger partial charge is 0.378 e. The van der Waals surface area contributed by atoms with Gasteiger partial charge in [0.25, 0.3) is 11.7 Å². The Morgan fingerprint density at radius 2 is 1.69 bits per heavy atom. The molecule has 0 radical (unpaired) electrons. The first kappa shape index (κ1) is 21.2. The second-order valence-corrected chi connectivity index (χ2v) is 7.75. The Labute approximate surface area is 185 Å². The Hall–Kier alpha value is -3.99. The fourth-order valence-corrected chi connectivity index (χ4v) is 3.84. The number of nitrogens with zero attached hydrogens (tertiary/aromatic N) is 4. The zero-order valence-corrected chi connectivity index (χ0v) is 17.5. The molecule has 0 spiro atoms. The van der Waals surface area contributed by atoms with E-state index in [1.165, 1.54) is 0 Å². The van der Waals surface area contributed by atoms with Gasteiger partial charge in [-0.25, -0.2) is 14.5 Å². The van der Waals surface area contributed by atoms with Crippen molar-refractivity contribution in [2.45, 2.75) is 37.6 Å². The van der Waals surface area contributed by atoms with E-state index >= 15 is 0 Å². The maximum Gasteiger partial charge on any atom is 0.378 e. The number of aromatic nitrogens is 3. The van der Waals surface area contributed by atoms with Crippen LogP contribution in [0.4, 0.5) is 0 Å². The normalized spacial score (nSPS) is 14.8. The van der Waals surface area contributed by atoms with E-state index in [9.17, 15) is 14.9 Å². The van der Waals surface area contributed by atoms with Gasteiger partial charge in [-0.15, -0.1) is 5.10 Å². The fraction of sp³-hybridized carbons (Fsp3) is 0.292. The first-order valence-electron chi connectivity index (χ1n) is 10.6. The second kappa shape index (κ2) is 9.43. The minimum atomic E-state index is -0.880. The molecule has 1 amide bonds. The summed E-state index contributed by atoms with van der Waals surface area (Å²) in [5, 5.41) is 16.6. The number of esters is 1. The lowest BCUT2D eigenvalue weighted by Gasteiger charge is -2.31. The number of nitriles is 1. The van der Waals surface area contributed by atoms with E-state index in [1.807, 2.05) is 60.7 Å². The third-order valence-electron chi connectivity index (χ3n) is 5.46. The molecule has 3 aromatic rings. The van der Waals surface area contributed by atoms with Gasteiger partial charge in [0.1, 0.15) is 5.54 Å². The van der Waals surface area contributed by atoms with E-state index in [0.717, 1.165) is 30.5 Å². The summed E-state index contributed by atoms with van der Waals surface area (Å²) < 4.78 is 6.73. The number of ether oxygens (including phenoxy) is 1. The SMILES string of the molecule is N#CC1(NC(=O)COC(=O)c2nc(-c3ccccc3)n(-c3ccccc3)n2)CCCCC1. The fourth-order valence-electron chi connectivity index (χ4n) is 3.84. The first-order chi connectivity index (χ1) is 15.6. The van der Waals surface area contributed by atoms with Crippen LogP contribution in [0.25, 0.3) is 17.1 Å². The number of carbonyl (C=O) groups is 2. The highest BCUT2D eigenvalue weighted by molar-refractivity contribution is 5.88. The third kappa shape index (κ3) is 4.67. The van der Waals surface area contributed by atoms with Crippen molar-refractivity contribution in [3.8, 4) is 23.1 Å². The van der Waals surface area contributed by atoms with Crippen LogP contribution in [-0.2, 0) is 9.53 Å². The molecule has 0 bridgehead atoms. The van der Waals surface area contributed by atoms with Crippen LogP contribution < -0.4 is 5.32 Å². The highest BCUT2D eigenvalue weighted by atomic mass is 16.5. The first-order valence-corrected chi connectivity index (χ1v) is 10.6. The van der Waals surface area contributed by atoms with E-state index in [4.69, 9.17) is 4.74 Å². The molecule has 1 aromatic heterocycles. The summed E-state index contributed by atoms with van der Waals surface area (Å²) in [6.07, 6.45) is 4.03. The molecular weight excluding hydrogens is 406 g/mol. The number of benzene rings is 2. The predicted molar refractivity (Wildman–Crippen MR) is 117 cm³/mol. The average Bonchev–Trinajstić information content (AvgIpc) is 3.30. The van der Waals surface area contributed by atoms with Crippen molar-refractivity contribution < 1.29 is 14.3 Å². The number of rotatable bonds is 6. The Bertz CT molecular complexity index is 1070. The van der Waals surface area contributed by atoms with Gasteiger partial charge < -0.3 is 10.1 Å². The van der Waals surface area contributed by atoms with Gasteiger partial charge in [0, 0.05) is 5.56 Å². The van der Waals surface area contributed by atoms with E-state index in [1.54, 1.807) is 4.68 Å². The van der Waals surface area contributed by atoms with Crippen LogP contribution in [0, 0.1) is 11.3 Å². The van der Waals surface area contributed by atoms with E-state index in [0.29, 0.717) is 18.7 Å². The summed E-state index contributed by atoms with van der Waals surface area (Å²) in [5.41, 5.74) is 0.646. The van der Waals surface area contributed by atoms with Gasteiger partial charge in [0.2, 0.25) is 0 Å². The summed E-state index contributed by atoms with van der Waals surface area (Å²) in [4.78, 5) is 29.3. The lowest BCUT2D eigenvalue weighted by Crippen LogP contribution is -2.50. The second-order valence-electron chi connectivity index (χ2n) is 7.75. The van der Waals surface area contributed by atoms with Gasteiger partial charge in [0.15, 0.2) is 12.4 Å². The predicted octanol–water partition coefficient (Wildman–Crippen LogP) is 3.43. The minimum Gasteiger partial charge on any atom is -0.450 e. The standard InChI is InChI=1S/C24H23N5O3/c25-17-24(14-8-3-9-15-24)27-20(30)16-32-23(31)21-26-22(18-10-4-1-5-11-18)29(28-21)19-12-6-2-7-13-19/h1-2,4-7,10-13H,3,8-9,14-16H2,(H,27,30). The zero-order valence-electron chi connectivity index (χ0n) is 17.5. The van der Waals surface area contributed by atoms with E-state index in [-0.39, 0.29) is 5.82 Å². The molecular formula is C24H23N5O3. The maximum absolute atomic E-state index is 12.6. The molecule has 8 heteroatoms. The highest BCUT2D eigenvalue weighted by Gasteiger charge is 2.34. The average molecular weight is 429 g/mol. The van der Waals surface area contributed by atoms with Gasteiger partial charge in [-0.2, -0.15) is 5.26 Å². The van der Waals surface area contributed by atoms with Crippen molar-refractivity contribution in [2.75, 3.05) is 6.61 Å². The van der Waals surface area contributed by atoms with Crippen molar-refractivity contribution in [2.24, 2.45) is 0 Å². The molecule has 32 heavy (non-hydrogen) atoms. The van der Waals surface area contributed by atoms with Gasteiger partial charge in [-0.3, -0.25) is 4.79 Å². The van der Waals surface area contributed by atoms with Crippen LogP contribution in [0.3, 0.4) is 0 Å². The maximum atomic E-state index is 12.6. The number of amides is 1. The van der Waals surface area contributed by atoms with Crippen molar-refractivity contribution >= 4 is 11.9 Å². The van der Waals surface area contributed by atoms with Gasteiger partial charge in [0.05, 0.1) is 11.8 Å². The summed E-state index contributed by atoms with van der Waals surface area (Å²) >= 11 is 0. The lowest BCUT2D eigenvalue weighted by atomic mass is 9.83. The molecule has 1 aliphatic carbocycles. The Balaban J connectivity index is 1.50. The Morgan fingerprint density at radius 3 is 2.34 bits per heavy atom. The molecule has 162 valence electrons. The Kier molecular flexibility index (Phi) is 6.26. The number of nitrogens with one attached hydrogen (secondary N) is 1. The largest absolute Gasteiger partial charge is 0.450 e. The molecule has 1 heterocycles. The summed E-state index contributed by atoms with van der Waals surface area (Å²) in [7, 11) is 0. The van der Waals surface area contributed by atoms with Crippen molar-refractivity contribution in [1.29, 1.82) is 5.26 Å². The molecule has 1 aliphatic rings.